The first kappa shape index (κ1) is 14.3. The molecule has 1 unspecified atom stereocenters. The summed E-state index contributed by atoms with van der Waals surface area (Å²) in [4.78, 5) is 2.99. The molecule has 1 saturated heterocycles. The van der Waals surface area contributed by atoms with Crippen molar-refractivity contribution in [2.24, 2.45) is 5.73 Å². The normalized spacial score (nSPS) is 17.4. The van der Waals surface area contributed by atoms with Gasteiger partial charge in [0.25, 0.3) is 0 Å². The molecule has 1 fully saturated rings. The molecule has 0 bridgehead atoms. The highest BCUT2D eigenvalue weighted by atomic mass is 32.1. The van der Waals surface area contributed by atoms with E-state index in [0.717, 1.165) is 17.8 Å². The van der Waals surface area contributed by atoms with Crippen molar-refractivity contribution in [3.05, 3.63) is 29.3 Å². The molecule has 2 rings (SSSR count). The van der Waals surface area contributed by atoms with E-state index in [2.05, 4.69) is 30.1 Å². The van der Waals surface area contributed by atoms with Crippen LogP contribution in [0.2, 0.25) is 0 Å². The van der Waals surface area contributed by atoms with Gasteiger partial charge in [-0.3, -0.25) is 4.90 Å². The molecule has 1 atom stereocenters. The van der Waals surface area contributed by atoms with Crippen molar-refractivity contribution in [2.75, 3.05) is 25.0 Å². The zero-order valence-electron chi connectivity index (χ0n) is 11.8. The molecule has 1 aromatic rings. The lowest BCUT2D eigenvalue weighted by atomic mass is 10.1. The van der Waals surface area contributed by atoms with Gasteiger partial charge >= 0.3 is 0 Å². The fourth-order valence-corrected chi connectivity index (χ4v) is 2.84. The monoisotopic (exact) mass is 277 g/mol. The molecule has 0 aromatic heterocycles. The zero-order chi connectivity index (χ0) is 13.8. The summed E-state index contributed by atoms with van der Waals surface area (Å²) in [5, 5.41) is 3.53. The van der Waals surface area contributed by atoms with Crippen LogP contribution in [0.15, 0.2) is 18.2 Å². The number of hydrogen-bond donors (Lipinski definition) is 2. The summed E-state index contributed by atoms with van der Waals surface area (Å²) in [5.41, 5.74) is 9.02. The molecule has 4 heteroatoms. The number of anilines is 1. The lowest BCUT2D eigenvalue weighted by molar-refractivity contribution is 0.269. The van der Waals surface area contributed by atoms with Crippen LogP contribution in [-0.2, 0) is 0 Å². The smallest absolute Gasteiger partial charge is 0.106 e. The summed E-state index contributed by atoms with van der Waals surface area (Å²) in [6.07, 6.45) is 2.65. The second-order valence-corrected chi connectivity index (χ2v) is 5.77. The average Bonchev–Trinajstić information content (AvgIpc) is 2.90. The molecule has 0 spiro atoms. The quantitative estimate of drug-likeness (QED) is 0.812. The zero-order valence-corrected chi connectivity index (χ0v) is 12.6. The van der Waals surface area contributed by atoms with Gasteiger partial charge in [-0.05, 0) is 51.4 Å². The minimum atomic E-state index is 0.458. The summed E-state index contributed by atoms with van der Waals surface area (Å²) in [6.45, 7) is 7.74. The maximum atomic E-state index is 5.79. The molecule has 1 aliphatic rings. The lowest BCUT2D eigenvalue weighted by Crippen LogP contribution is -2.36. The molecular weight excluding hydrogens is 254 g/mol. The summed E-state index contributed by atoms with van der Waals surface area (Å²) < 4.78 is 0. The van der Waals surface area contributed by atoms with Crippen molar-refractivity contribution in [2.45, 2.75) is 32.7 Å². The number of nitrogens with one attached hydrogen (secondary N) is 1. The van der Waals surface area contributed by atoms with Gasteiger partial charge in [-0.25, -0.2) is 0 Å². The third kappa shape index (κ3) is 3.45. The first-order valence-electron chi connectivity index (χ1n) is 6.97. The van der Waals surface area contributed by atoms with Gasteiger partial charge in [0, 0.05) is 23.8 Å². The Kier molecular flexibility index (Phi) is 4.77. The van der Waals surface area contributed by atoms with Crippen LogP contribution >= 0.6 is 12.2 Å². The minimum Gasteiger partial charge on any atom is -0.389 e. The average molecular weight is 277 g/mol. The van der Waals surface area contributed by atoms with Crippen molar-refractivity contribution in [1.82, 2.24) is 4.90 Å². The number of benzene rings is 1. The Hall–Kier alpha value is -1.13. The highest BCUT2D eigenvalue weighted by molar-refractivity contribution is 7.80. The van der Waals surface area contributed by atoms with Crippen LogP contribution in [0.1, 0.15) is 30.9 Å². The number of hydrogen-bond acceptors (Lipinski definition) is 3. The number of para-hydroxylation sites is 1. The molecule has 0 aliphatic carbocycles. The molecule has 0 radical (unpaired) electrons. The number of aryl methyl sites for hydroxylation is 1. The van der Waals surface area contributed by atoms with E-state index in [1.807, 2.05) is 12.1 Å². The van der Waals surface area contributed by atoms with E-state index in [0.29, 0.717) is 11.0 Å². The van der Waals surface area contributed by atoms with Crippen molar-refractivity contribution >= 4 is 22.9 Å². The van der Waals surface area contributed by atoms with Gasteiger partial charge < -0.3 is 11.1 Å². The van der Waals surface area contributed by atoms with Crippen LogP contribution in [0.4, 0.5) is 5.69 Å². The van der Waals surface area contributed by atoms with E-state index in [1.165, 1.54) is 31.5 Å². The van der Waals surface area contributed by atoms with Crippen LogP contribution in [0.3, 0.4) is 0 Å². The van der Waals surface area contributed by atoms with Crippen LogP contribution in [-0.4, -0.2) is 35.6 Å². The summed E-state index contributed by atoms with van der Waals surface area (Å²) in [5.74, 6) is 0. The van der Waals surface area contributed by atoms with Gasteiger partial charge in [0.15, 0.2) is 0 Å². The summed E-state index contributed by atoms with van der Waals surface area (Å²) in [7, 11) is 0. The van der Waals surface area contributed by atoms with E-state index in [1.54, 1.807) is 0 Å². The Balaban J connectivity index is 2.04. The second-order valence-electron chi connectivity index (χ2n) is 5.33. The third-order valence-corrected chi connectivity index (χ3v) is 4.10. The fraction of sp³-hybridized carbons (Fsp3) is 0.533. The second kappa shape index (κ2) is 6.35. The predicted molar refractivity (Wildman–Crippen MR) is 85.8 cm³/mol. The first-order valence-corrected chi connectivity index (χ1v) is 7.37. The lowest BCUT2D eigenvalue weighted by Gasteiger charge is -2.25. The topological polar surface area (TPSA) is 41.3 Å². The van der Waals surface area contributed by atoms with Crippen molar-refractivity contribution in [3.63, 3.8) is 0 Å². The maximum Gasteiger partial charge on any atom is 0.106 e. The van der Waals surface area contributed by atoms with Crippen LogP contribution < -0.4 is 11.1 Å². The van der Waals surface area contributed by atoms with E-state index in [-0.39, 0.29) is 0 Å². The van der Waals surface area contributed by atoms with Crippen molar-refractivity contribution < 1.29 is 0 Å². The van der Waals surface area contributed by atoms with Crippen LogP contribution in [0.5, 0.6) is 0 Å². The van der Waals surface area contributed by atoms with Crippen molar-refractivity contribution in [1.29, 1.82) is 0 Å². The molecule has 3 nitrogen and oxygen atoms in total. The third-order valence-electron chi connectivity index (χ3n) is 3.88. The summed E-state index contributed by atoms with van der Waals surface area (Å²) >= 11 is 5.12. The van der Waals surface area contributed by atoms with Gasteiger partial charge in [0.05, 0.1) is 0 Å². The Morgan fingerprint density at radius 1 is 1.42 bits per heavy atom. The van der Waals surface area contributed by atoms with Gasteiger partial charge in [0.2, 0.25) is 0 Å². The van der Waals surface area contributed by atoms with Gasteiger partial charge in [0.1, 0.15) is 4.99 Å². The molecule has 1 heterocycles. The number of nitrogens with two attached hydrogens (primary N) is 1. The highest BCUT2D eigenvalue weighted by Crippen LogP contribution is 2.21. The highest BCUT2D eigenvalue weighted by Gasteiger charge is 2.18. The van der Waals surface area contributed by atoms with E-state index >= 15 is 0 Å². The Morgan fingerprint density at radius 2 is 2.11 bits per heavy atom. The molecule has 1 aliphatic heterocycles. The molecule has 0 saturated carbocycles. The largest absolute Gasteiger partial charge is 0.389 e. The Bertz CT molecular complexity index is 453. The Morgan fingerprint density at radius 3 is 2.74 bits per heavy atom. The fourth-order valence-electron chi connectivity index (χ4n) is 2.67. The van der Waals surface area contributed by atoms with Crippen molar-refractivity contribution in [3.8, 4) is 0 Å². The number of thiocarbonyl (C=S) groups is 1. The molecular formula is C15H23N3S. The predicted octanol–water partition coefficient (Wildman–Crippen LogP) is 2.53. The standard InChI is InChI=1S/C15H23N3S/c1-11-6-5-7-13(15(16)19)14(11)17-10-12(2)18-8-3-4-9-18/h5-7,12,17H,3-4,8-10H2,1-2H3,(H2,16,19). The minimum absolute atomic E-state index is 0.458. The number of nitrogens with zero attached hydrogens (tertiary/aromatic N) is 1. The maximum absolute atomic E-state index is 5.79. The molecule has 19 heavy (non-hydrogen) atoms. The van der Waals surface area contributed by atoms with Gasteiger partial charge in [-0.2, -0.15) is 0 Å². The number of likely N-dealkylation sites (tertiary alicyclic amines) is 1. The molecule has 3 N–H and O–H groups in total. The molecule has 0 amide bonds. The van der Waals surface area contributed by atoms with Gasteiger partial charge in [-0.15, -0.1) is 0 Å². The van der Waals surface area contributed by atoms with E-state index < -0.39 is 0 Å². The molecule has 104 valence electrons. The summed E-state index contributed by atoms with van der Waals surface area (Å²) in [6, 6.07) is 6.61. The van der Waals surface area contributed by atoms with Gasteiger partial charge in [-0.1, -0.05) is 24.4 Å². The number of rotatable bonds is 5. The van der Waals surface area contributed by atoms with Crippen LogP contribution in [0, 0.1) is 6.92 Å². The van der Waals surface area contributed by atoms with Crippen LogP contribution in [0.25, 0.3) is 0 Å². The van der Waals surface area contributed by atoms with E-state index in [4.69, 9.17) is 18.0 Å². The first-order chi connectivity index (χ1) is 9.09. The Labute approximate surface area is 121 Å². The molecule has 1 aromatic carbocycles. The van der Waals surface area contributed by atoms with E-state index in [9.17, 15) is 0 Å². The SMILES string of the molecule is Cc1cccc(C(N)=S)c1NCC(C)N1CCCC1.